The highest BCUT2D eigenvalue weighted by atomic mass is 16.5. The molecule has 0 aromatic heterocycles. The van der Waals surface area contributed by atoms with Crippen LogP contribution in [0.4, 0.5) is 11.4 Å². The topological polar surface area (TPSA) is 65.4 Å². The Morgan fingerprint density at radius 1 is 1.44 bits per heavy atom. The summed E-state index contributed by atoms with van der Waals surface area (Å²) in [6.07, 6.45) is 0. The second-order valence-electron chi connectivity index (χ2n) is 4.12. The Morgan fingerprint density at radius 2 is 2.17 bits per heavy atom. The number of amides is 1. The second-order valence-corrected chi connectivity index (χ2v) is 4.12. The van der Waals surface area contributed by atoms with Crippen molar-refractivity contribution in [2.45, 2.75) is 6.92 Å². The molecule has 1 heterocycles. The molecule has 0 atom stereocenters. The van der Waals surface area contributed by atoms with Crippen LogP contribution in [-0.4, -0.2) is 32.2 Å². The van der Waals surface area contributed by atoms with E-state index in [0.717, 1.165) is 18.8 Å². The Bertz CT molecular complexity index is 487. The van der Waals surface area contributed by atoms with Crippen LogP contribution in [0.1, 0.15) is 12.5 Å². The summed E-state index contributed by atoms with van der Waals surface area (Å²) in [7, 11) is 0. The number of nitrogens with zero attached hydrogens (tertiary/aromatic N) is 2. The predicted octanol–water partition coefficient (Wildman–Crippen LogP) is 1.35. The molecule has 5 nitrogen and oxygen atoms in total. The molecule has 1 aliphatic heterocycles. The van der Waals surface area contributed by atoms with Gasteiger partial charge in [0.05, 0.1) is 24.5 Å². The van der Waals surface area contributed by atoms with Crippen molar-refractivity contribution in [1.29, 1.82) is 5.26 Å². The number of nitrogens with one attached hydrogen (secondary N) is 1. The van der Waals surface area contributed by atoms with Crippen molar-refractivity contribution in [2.24, 2.45) is 0 Å². The lowest BCUT2D eigenvalue weighted by Gasteiger charge is -2.29. The molecule has 0 aliphatic carbocycles. The van der Waals surface area contributed by atoms with Gasteiger partial charge in [0.1, 0.15) is 6.07 Å². The molecule has 0 spiro atoms. The smallest absolute Gasteiger partial charge is 0.221 e. The quantitative estimate of drug-likeness (QED) is 0.854. The van der Waals surface area contributed by atoms with E-state index >= 15 is 0 Å². The minimum Gasteiger partial charge on any atom is -0.378 e. The molecule has 0 unspecified atom stereocenters. The Morgan fingerprint density at radius 3 is 2.78 bits per heavy atom. The summed E-state index contributed by atoms with van der Waals surface area (Å²) in [5.41, 5.74) is 2.12. The fourth-order valence-electron chi connectivity index (χ4n) is 1.99. The molecule has 1 saturated heterocycles. The second kappa shape index (κ2) is 5.52. The van der Waals surface area contributed by atoms with E-state index in [0.29, 0.717) is 24.5 Å². The summed E-state index contributed by atoms with van der Waals surface area (Å²) in [6, 6.07) is 7.56. The van der Waals surface area contributed by atoms with Gasteiger partial charge >= 0.3 is 0 Å². The zero-order valence-electron chi connectivity index (χ0n) is 10.3. The summed E-state index contributed by atoms with van der Waals surface area (Å²) in [6.45, 7) is 4.38. The third-order valence-electron chi connectivity index (χ3n) is 2.79. The van der Waals surface area contributed by atoms with Crippen molar-refractivity contribution in [2.75, 3.05) is 36.5 Å². The summed E-state index contributed by atoms with van der Waals surface area (Å²) in [4.78, 5) is 13.1. The fourth-order valence-corrected chi connectivity index (χ4v) is 1.99. The predicted molar refractivity (Wildman–Crippen MR) is 68.5 cm³/mol. The molecule has 1 aliphatic rings. The molecular formula is C13H15N3O2. The van der Waals surface area contributed by atoms with E-state index in [1.165, 1.54) is 6.92 Å². The minimum atomic E-state index is -0.141. The van der Waals surface area contributed by atoms with Gasteiger partial charge in [-0.05, 0) is 18.2 Å². The SMILES string of the molecule is CC(=O)Nc1ccc(N2CCOCC2)c(C#N)c1. The number of hydrogen-bond acceptors (Lipinski definition) is 4. The fraction of sp³-hybridized carbons (Fsp3) is 0.385. The molecule has 1 aromatic carbocycles. The first-order chi connectivity index (χ1) is 8.70. The summed E-state index contributed by atoms with van der Waals surface area (Å²) < 4.78 is 5.29. The summed E-state index contributed by atoms with van der Waals surface area (Å²) >= 11 is 0. The first kappa shape index (κ1) is 12.4. The van der Waals surface area contributed by atoms with Gasteiger partial charge in [0.25, 0.3) is 0 Å². The maximum absolute atomic E-state index is 11.0. The van der Waals surface area contributed by atoms with Crippen molar-refractivity contribution >= 4 is 17.3 Å². The van der Waals surface area contributed by atoms with Gasteiger partial charge in [0.2, 0.25) is 5.91 Å². The van der Waals surface area contributed by atoms with Crippen molar-refractivity contribution in [1.82, 2.24) is 0 Å². The summed E-state index contributed by atoms with van der Waals surface area (Å²) in [5, 5.41) is 11.9. The normalized spacial score (nSPS) is 15.0. The minimum absolute atomic E-state index is 0.141. The molecule has 1 amide bonds. The molecule has 18 heavy (non-hydrogen) atoms. The lowest BCUT2D eigenvalue weighted by molar-refractivity contribution is -0.114. The third-order valence-corrected chi connectivity index (χ3v) is 2.79. The van der Waals surface area contributed by atoms with Crippen LogP contribution in [0.2, 0.25) is 0 Å². The van der Waals surface area contributed by atoms with Crippen molar-refractivity contribution in [3.8, 4) is 6.07 Å². The highest BCUT2D eigenvalue weighted by Gasteiger charge is 2.15. The average molecular weight is 245 g/mol. The Kier molecular flexibility index (Phi) is 3.80. The van der Waals surface area contributed by atoms with E-state index in [1.807, 2.05) is 12.1 Å². The largest absolute Gasteiger partial charge is 0.378 e. The molecule has 1 N–H and O–H groups in total. The van der Waals surface area contributed by atoms with Gasteiger partial charge in [-0.3, -0.25) is 4.79 Å². The molecule has 0 saturated carbocycles. The first-order valence-corrected chi connectivity index (χ1v) is 5.85. The number of anilines is 2. The lowest BCUT2D eigenvalue weighted by atomic mass is 10.1. The van der Waals surface area contributed by atoms with Crippen molar-refractivity contribution in [3.63, 3.8) is 0 Å². The molecular weight excluding hydrogens is 230 g/mol. The van der Waals surface area contributed by atoms with Crippen LogP contribution < -0.4 is 10.2 Å². The van der Waals surface area contributed by atoms with Gasteiger partial charge in [-0.1, -0.05) is 0 Å². The number of benzene rings is 1. The maximum Gasteiger partial charge on any atom is 0.221 e. The average Bonchev–Trinajstić information content (AvgIpc) is 2.39. The molecule has 0 radical (unpaired) electrons. The van der Waals surface area contributed by atoms with Gasteiger partial charge in [-0.2, -0.15) is 5.26 Å². The standard InChI is InChI=1S/C13H15N3O2/c1-10(17)15-12-2-3-13(11(8-12)9-14)16-4-6-18-7-5-16/h2-3,8H,4-7H2,1H3,(H,15,17). The van der Waals surface area contributed by atoms with E-state index in [-0.39, 0.29) is 5.91 Å². The third kappa shape index (κ3) is 2.79. The number of nitriles is 1. The van der Waals surface area contributed by atoms with Gasteiger partial charge in [-0.25, -0.2) is 0 Å². The van der Waals surface area contributed by atoms with Gasteiger partial charge < -0.3 is 15.0 Å². The van der Waals surface area contributed by atoms with Crippen LogP contribution in [0.25, 0.3) is 0 Å². The van der Waals surface area contributed by atoms with Crippen LogP contribution in [0.5, 0.6) is 0 Å². The van der Waals surface area contributed by atoms with Crippen molar-refractivity contribution < 1.29 is 9.53 Å². The Hall–Kier alpha value is -2.06. The number of morpholine rings is 1. The van der Waals surface area contributed by atoms with Crippen LogP contribution in [-0.2, 0) is 9.53 Å². The molecule has 1 fully saturated rings. The maximum atomic E-state index is 11.0. The lowest BCUT2D eigenvalue weighted by Crippen LogP contribution is -2.36. The molecule has 2 rings (SSSR count). The van der Waals surface area contributed by atoms with Gasteiger partial charge in [-0.15, -0.1) is 0 Å². The number of hydrogen-bond donors (Lipinski definition) is 1. The van der Waals surface area contributed by atoms with Gasteiger partial charge in [0.15, 0.2) is 0 Å². The molecule has 0 bridgehead atoms. The molecule has 1 aromatic rings. The number of ether oxygens (including phenoxy) is 1. The number of rotatable bonds is 2. The zero-order valence-corrected chi connectivity index (χ0v) is 10.3. The van der Waals surface area contributed by atoms with Crippen LogP contribution in [0.3, 0.4) is 0 Å². The molecule has 94 valence electrons. The first-order valence-electron chi connectivity index (χ1n) is 5.85. The zero-order chi connectivity index (χ0) is 13.0. The van der Waals surface area contributed by atoms with Gasteiger partial charge in [0, 0.05) is 25.7 Å². The van der Waals surface area contributed by atoms with E-state index in [1.54, 1.807) is 6.07 Å². The highest BCUT2D eigenvalue weighted by molar-refractivity contribution is 5.89. The molecule has 5 heteroatoms. The van der Waals surface area contributed by atoms with Crippen LogP contribution >= 0.6 is 0 Å². The van der Waals surface area contributed by atoms with E-state index in [2.05, 4.69) is 16.3 Å². The Labute approximate surface area is 106 Å². The summed E-state index contributed by atoms with van der Waals surface area (Å²) in [5.74, 6) is -0.141. The van der Waals surface area contributed by atoms with Crippen LogP contribution in [0.15, 0.2) is 18.2 Å². The van der Waals surface area contributed by atoms with Crippen LogP contribution in [0, 0.1) is 11.3 Å². The number of carbonyl (C=O) groups excluding carboxylic acids is 1. The monoisotopic (exact) mass is 245 g/mol. The van der Waals surface area contributed by atoms with E-state index < -0.39 is 0 Å². The van der Waals surface area contributed by atoms with E-state index in [4.69, 9.17) is 4.74 Å². The van der Waals surface area contributed by atoms with Crippen molar-refractivity contribution in [3.05, 3.63) is 23.8 Å². The van der Waals surface area contributed by atoms with E-state index in [9.17, 15) is 10.1 Å². The number of carbonyl (C=O) groups is 1. The Balaban J connectivity index is 2.25. The highest BCUT2D eigenvalue weighted by Crippen LogP contribution is 2.24.